The van der Waals surface area contributed by atoms with Crippen molar-refractivity contribution in [2.24, 2.45) is 17.3 Å². The molecule has 1 saturated carbocycles. The molecule has 0 aliphatic heterocycles. The van der Waals surface area contributed by atoms with Crippen LogP contribution in [-0.4, -0.2) is 34.3 Å². The fourth-order valence-electron chi connectivity index (χ4n) is 5.94. The highest BCUT2D eigenvalue weighted by Gasteiger charge is 2.68. The van der Waals surface area contributed by atoms with Crippen molar-refractivity contribution in [3.05, 3.63) is 33.8 Å². The molecule has 0 saturated heterocycles. The molecule has 1 aromatic rings. The summed E-state index contributed by atoms with van der Waals surface area (Å²) in [6.07, 6.45) is 0.281. The quantitative estimate of drug-likeness (QED) is 0.373. The summed E-state index contributed by atoms with van der Waals surface area (Å²) >= 11 is 2.04. The smallest absolute Gasteiger partial charge is 0.336 e. The number of benzene rings is 1. The van der Waals surface area contributed by atoms with Gasteiger partial charge >= 0.3 is 5.97 Å². The monoisotopic (exact) mass is 545 g/mol. The van der Waals surface area contributed by atoms with Crippen LogP contribution < -0.4 is 4.72 Å². The van der Waals surface area contributed by atoms with Crippen LogP contribution in [0.3, 0.4) is 0 Å². The summed E-state index contributed by atoms with van der Waals surface area (Å²) in [5.41, 5.74) is -0.00998. The second-order valence-corrected chi connectivity index (χ2v) is 13.6. The zero-order chi connectivity index (χ0) is 24.8. The van der Waals surface area contributed by atoms with Crippen LogP contribution in [0.2, 0.25) is 0 Å². The van der Waals surface area contributed by atoms with Crippen molar-refractivity contribution in [3.63, 3.8) is 0 Å². The first-order valence-corrected chi connectivity index (χ1v) is 13.7. The van der Waals surface area contributed by atoms with Gasteiger partial charge < -0.3 is 14.0 Å². The number of rotatable bonds is 6. The number of hydrogen-bond acceptors (Lipinski definition) is 5. The number of carbonyl (C=O) groups excluding carboxylic acids is 1. The minimum atomic E-state index is -1.53. The maximum Gasteiger partial charge on any atom is 0.336 e. The molecule has 33 heavy (non-hydrogen) atoms. The largest absolute Gasteiger partial charge is 0.598 e. The third-order valence-corrected chi connectivity index (χ3v) is 9.17. The normalized spacial score (nSPS) is 33.6. The predicted octanol–water partition coefficient (Wildman–Crippen LogP) is 5.57. The van der Waals surface area contributed by atoms with Crippen LogP contribution in [0.5, 0.6) is 0 Å². The average molecular weight is 547 g/mol. The van der Waals surface area contributed by atoms with Gasteiger partial charge in [0.1, 0.15) is 4.75 Å². The Bertz CT molecular complexity index is 864. The van der Waals surface area contributed by atoms with Gasteiger partial charge in [0, 0.05) is 21.2 Å². The standard InChI is InChI=1S/C25H37BrFNO4S/c1-8-31-22(29)25(28-33(30)23(5,6)7)20-11-19(26)10-9-18(20)14-24(25)12-15(2)21(16(3)13-24)32-17(4)27/h9-11,15-17,21,28H,8,12-14H2,1-7H3/t15-,16+,17?,21+,24+,25-,33+/m1/s1. The van der Waals surface area contributed by atoms with Gasteiger partial charge in [-0.1, -0.05) is 35.8 Å². The first-order chi connectivity index (χ1) is 15.3. The number of halogens is 2. The molecule has 1 aromatic carbocycles. The summed E-state index contributed by atoms with van der Waals surface area (Å²) in [6, 6.07) is 5.96. The lowest BCUT2D eigenvalue weighted by Crippen LogP contribution is -2.65. The molecule has 3 rings (SSSR count). The molecule has 0 bridgehead atoms. The van der Waals surface area contributed by atoms with Gasteiger partial charge in [-0.25, -0.2) is 9.18 Å². The van der Waals surface area contributed by atoms with Crippen LogP contribution in [0, 0.1) is 17.3 Å². The molecule has 0 amide bonds. The van der Waals surface area contributed by atoms with Gasteiger partial charge in [0.05, 0.1) is 12.7 Å². The van der Waals surface area contributed by atoms with E-state index in [9.17, 15) is 13.7 Å². The van der Waals surface area contributed by atoms with Gasteiger partial charge in [-0.3, -0.25) is 0 Å². The maximum atomic E-state index is 13.9. The average Bonchev–Trinajstić information content (AvgIpc) is 2.93. The molecular weight excluding hydrogens is 509 g/mol. The predicted molar refractivity (Wildman–Crippen MR) is 133 cm³/mol. The second-order valence-electron chi connectivity index (χ2n) is 10.7. The number of fused-ring (bicyclic) bond motifs is 1. The molecule has 1 unspecified atom stereocenters. The number of alkyl halides is 1. The summed E-state index contributed by atoms with van der Waals surface area (Å²) in [7, 11) is 0. The van der Waals surface area contributed by atoms with E-state index in [1.165, 1.54) is 6.92 Å². The van der Waals surface area contributed by atoms with E-state index in [1.54, 1.807) is 6.92 Å². The molecular formula is C25H37BrFNO4S. The van der Waals surface area contributed by atoms with E-state index in [0.29, 0.717) is 19.3 Å². The highest BCUT2D eigenvalue weighted by Crippen LogP contribution is 2.61. The van der Waals surface area contributed by atoms with Crippen molar-refractivity contribution in [2.45, 2.75) is 90.5 Å². The van der Waals surface area contributed by atoms with Crippen LogP contribution in [0.15, 0.2) is 22.7 Å². The van der Waals surface area contributed by atoms with E-state index in [-0.39, 0.29) is 24.5 Å². The fourth-order valence-corrected chi connectivity index (χ4v) is 7.30. The number of esters is 1. The number of hydrogen-bond donors (Lipinski definition) is 1. The van der Waals surface area contributed by atoms with Crippen molar-refractivity contribution in [2.75, 3.05) is 6.61 Å². The number of nitrogens with one attached hydrogen (secondary N) is 1. The Morgan fingerprint density at radius 2 is 1.94 bits per heavy atom. The van der Waals surface area contributed by atoms with E-state index in [1.807, 2.05) is 39.0 Å². The zero-order valence-electron chi connectivity index (χ0n) is 20.7. The molecule has 186 valence electrons. The zero-order valence-corrected chi connectivity index (χ0v) is 23.1. The number of carbonyl (C=O) groups is 1. The summed E-state index contributed by atoms with van der Waals surface area (Å²) in [5, 5.41) is 0. The summed E-state index contributed by atoms with van der Waals surface area (Å²) in [6.45, 7) is 13.2. The fraction of sp³-hybridized carbons (Fsp3) is 0.720. The minimum absolute atomic E-state index is 0.00313. The topological polar surface area (TPSA) is 70.6 Å². The Hall–Kier alpha value is -0.670. The molecule has 2 aliphatic carbocycles. The van der Waals surface area contributed by atoms with Crippen molar-refractivity contribution in [1.82, 2.24) is 4.72 Å². The van der Waals surface area contributed by atoms with Crippen molar-refractivity contribution >= 4 is 33.3 Å². The molecule has 5 nitrogen and oxygen atoms in total. The van der Waals surface area contributed by atoms with E-state index in [4.69, 9.17) is 9.47 Å². The third-order valence-electron chi connectivity index (χ3n) is 7.08. The second kappa shape index (κ2) is 9.76. The Labute approximate surface area is 209 Å². The van der Waals surface area contributed by atoms with Gasteiger partial charge in [-0.2, -0.15) is 0 Å². The molecule has 1 fully saturated rings. The lowest BCUT2D eigenvalue weighted by Gasteiger charge is -2.52. The maximum absolute atomic E-state index is 13.9. The molecule has 1 N–H and O–H groups in total. The van der Waals surface area contributed by atoms with Gasteiger partial charge in [0.2, 0.25) is 0 Å². The van der Waals surface area contributed by atoms with Crippen molar-refractivity contribution < 1.29 is 23.2 Å². The lowest BCUT2D eigenvalue weighted by atomic mass is 9.56. The van der Waals surface area contributed by atoms with E-state index in [0.717, 1.165) is 15.6 Å². The van der Waals surface area contributed by atoms with Crippen LogP contribution in [0.1, 0.15) is 72.4 Å². The molecule has 8 heteroatoms. The first kappa shape index (κ1) is 26.9. The highest BCUT2D eigenvalue weighted by molar-refractivity contribution is 9.10. The SMILES string of the molecule is CCOC(=O)[C@]1(N[S@@+]([O-])C(C)(C)C)c2cc(Br)ccc2C[C@@]12C[C@@H](C)[C@H](OC(C)F)[C@@H](C)C2. The molecule has 7 atom stereocenters. The molecule has 0 aromatic heterocycles. The minimum Gasteiger partial charge on any atom is -0.598 e. The van der Waals surface area contributed by atoms with Gasteiger partial charge in [0.25, 0.3) is 0 Å². The summed E-state index contributed by atoms with van der Waals surface area (Å²) in [5.74, 6) is -0.399. The van der Waals surface area contributed by atoms with E-state index >= 15 is 0 Å². The summed E-state index contributed by atoms with van der Waals surface area (Å²) in [4.78, 5) is 13.9. The van der Waals surface area contributed by atoms with Crippen LogP contribution in [-0.2, 0) is 37.6 Å². The molecule has 0 heterocycles. The van der Waals surface area contributed by atoms with Crippen LogP contribution in [0.25, 0.3) is 0 Å². The lowest BCUT2D eigenvalue weighted by molar-refractivity contribution is -0.173. The van der Waals surface area contributed by atoms with Gasteiger partial charge in [-0.05, 0) is 89.0 Å². The van der Waals surface area contributed by atoms with Crippen molar-refractivity contribution in [3.8, 4) is 0 Å². The van der Waals surface area contributed by atoms with Gasteiger partial charge in [-0.15, -0.1) is 4.72 Å². The first-order valence-electron chi connectivity index (χ1n) is 11.7. The van der Waals surface area contributed by atoms with Crippen LogP contribution in [0.4, 0.5) is 4.39 Å². The van der Waals surface area contributed by atoms with Crippen LogP contribution >= 0.6 is 15.9 Å². The van der Waals surface area contributed by atoms with E-state index < -0.39 is 39.4 Å². The number of ether oxygens (including phenoxy) is 2. The Kier molecular flexibility index (Phi) is 7.97. The molecule has 0 radical (unpaired) electrons. The molecule has 2 aliphatic rings. The van der Waals surface area contributed by atoms with E-state index in [2.05, 4.69) is 34.5 Å². The Balaban J connectivity index is 2.20. The Morgan fingerprint density at radius 1 is 1.33 bits per heavy atom. The van der Waals surface area contributed by atoms with Crippen molar-refractivity contribution in [1.29, 1.82) is 0 Å². The Morgan fingerprint density at radius 3 is 2.45 bits per heavy atom. The molecule has 1 spiro atoms. The highest BCUT2D eigenvalue weighted by atomic mass is 79.9. The van der Waals surface area contributed by atoms with Gasteiger partial charge in [0.15, 0.2) is 11.9 Å². The summed E-state index contributed by atoms with van der Waals surface area (Å²) < 4.78 is 42.2. The third kappa shape index (κ3) is 4.88.